The van der Waals surface area contributed by atoms with E-state index in [2.05, 4.69) is 10.3 Å². The monoisotopic (exact) mass is 350 g/mol. The fraction of sp³-hybridized carbons (Fsp3) is 0.200. The third-order valence-corrected chi connectivity index (χ3v) is 3.75. The molecular formula is C15H16N3O5S-. The minimum Gasteiger partial charge on any atom is -0.755 e. The van der Waals surface area contributed by atoms with Gasteiger partial charge in [0.15, 0.2) is 0 Å². The summed E-state index contributed by atoms with van der Waals surface area (Å²) in [6.45, 7) is -0.422. The van der Waals surface area contributed by atoms with Gasteiger partial charge in [-0.05, 0) is 24.3 Å². The maximum atomic E-state index is 12.1. The van der Waals surface area contributed by atoms with Gasteiger partial charge in [-0.1, -0.05) is 0 Å². The number of amides is 1. The number of carbonyl (C=O) groups is 1. The molecule has 0 saturated heterocycles. The van der Waals surface area contributed by atoms with E-state index >= 15 is 0 Å². The standard InChI is InChI=1S/C15H17N3O5S/c1-22-12-5-6-14(23-2)13(8-12)18(24(20)21)10-15(19)17-11-4-3-7-16-9-11/h3-9H,10H2,1-2H3,(H,17,19)(H,20,21)/p-1. The van der Waals surface area contributed by atoms with E-state index in [-0.39, 0.29) is 5.69 Å². The van der Waals surface area contributed by atoms with Crippen molar-refractivity contribution in [2.24, 2.45) is 0 Å². The van der Waals surface area contributed by atoms with Gasteiger partial charge < -0.3 is 19.3 Å². The predicted molar refractivity (Wildman–Crippen MR) is 88.7 cm³/mol. The molecule has 0 aliphatic rings. The van der Waals surface area contributed by atoms with Crippen LogP contribution in [0.1, 0.15) is 0 Å². The Balaban J connectivity index is 2.23. The number of aromatic nitrogens is 1. The van der Waals surface area contributed by atoms with E-state index < -0.39 is 23.7 Å². The number of hydrogen-bond acceptors (Lipinski definition) is 6. The van der Waals surface area contributed by atoms with Gasteiger partial charge in [0.2, 0.25) is 5.91 Å². The largest absolute Gasteiger partial charge is 0.755 e. The second-order valence-electron chi connectivity index (χ2n) is 4.58. The Morgan fingerprint density at radius 3 is 2.71 bits per heavy atom. The highest BCUT2D eigenvalue weighted by Crippen LogP contribution is 2.32. The zero-order valence-electron chi connectivity index (χ0n) is 13.1. The minimum atomic E-state index is -2.68. The number of carbonyl (C=O) groups excluding carboxylic acids is 1. The van der Waals surface area contributed by atoms with Gasteiger partial charge in [-0.25, -0.2) is 0 Å². The smallest absolute Gasteiger partial charge is 0.245 e. The zero-order chi connectivity index (χ0) is 17.5. The van der Waals surface area contributed by atoms with Crippen molar-refractivity contribution in [2.75, 3.05) is 30.4 Å². The van der Waals surface area contributed by atoms with Gasteiger partial charge in [-0.3, -0.25) is 18.3 Å². The number of ether oxygens (including phenoxy) is 2. The molecule has 9 heteroatoms. The van der Waals surface area contributed by atoms with Gasteiger partial charge in [-0.15, -0.1) is 0 Å². The zero-order valence-corrected chi connectivity index (χ0v) is 13.9. The second kappa shape index (κ2) is 8.27. The van der Waals surface area contributed by atoms with Crippen molar-refractivity contribution in [3.63, 3.8) is 0 Å². The first kappa shape index (κ1) is 17.7. The third-order valence-electron chi connectivity index (χ3n) is 3.07. The number of benzene rings is 1. The van der Waals surface area contributed by atoms with Crippen LogP contribution in [0.15, 0.2) is 42.7 Å². The van der Waals surface area contributed by atoms with Crippen molar-refractivity contribution in [3.05, 3.63) is 42.7 Å². The Bertz CT molecular complexity index is 726. The highest BCUT2D eigenvalue weighted by atomic mass is 32.2. The van der Waals surface area contributed by atoms with E-state index in [1.165, 1.54) is 26.5 Å². The van der Waals surface area contributed by atoms with Crippen molar-refractivity contribution in [2.45, 2.75) is 0 Å². The summed E-state index contributed by atoms with van der Waals surface area (Å²) < 4.78 is 34.3. The number of rotatable bonds is 7. The quantitative estimate of drug-likeness (QED) is 0.756. The molecule has 0 radical (unpaired) electrons. The van der Waals surface area contributed by atoms with E-state index in [0.717, 1.165) is 4.31 Å². The first-order valence-corrected chi connectivity index (χ1v) is 7.87. The predicted octanol–water partition coefficient (Wildman–Crippen LogP) is 1.34. The maximum absolute atomic E-state index is 12.1. The van der Waals surface area contributed by atoms with Crippen LogP contribution in [0.3, 0.4) is 0 Å². The Hall–Kier alpha value is -2.65. The van der Waals surface area contributed by atoms with Crippen LogP contribution in [0.4, 0.5) is 11.4 Å². The number of methoxy groups -OCH3 is 2. The first-order chi connectivity index (χ1) is 11.5. The highest BCUT2D eigenvalue weighted by molar-refractivity contribution is 7.80. The first-order valence-electron chi connectivity index (χ1n) is 6.84. The summed E-state index contributed by atoms with van der Waals surface area (Å²) in [4.78, 5) is 16.0. The van der Waals surface area contributed by atoms with Crippen molar-refractivity contribution in [1.29, 1.82) is 0 Å². The lowest BCUT2D eigenvalue weighted by Gasteiger charge is -2.27. The topological polar surface area (TPSA) is 104 Å². The molecule has 0 bridgehead atoms. The molecule has 2 aromatic rings. The van der Waals surface area contributed by atoms with Gasteiger partial charge in [0, 0.05) is 23.5 Å². The Kier molecular flexibility index (Phi) is 6.10. The third kappa shape index (κ3) is 4.43. The maximum Gasteiger partial charge on any atom is 0.245 e. The Labute approximate surface area is 141 Å². The molecule has 1 amide bonds. The lowest BCUT2D eigenvalue weighted by Crippen LogP contribution is -2.34. The molecule has 1 aromatic carbocycles. The second-order valence-corrected chi connectivity index (χ2v) is 5.46. The van der Waals surface area contributed by atoms with Crippen molar-refractivity contribution in [1.82, 2.24) is 4.98 Å². The molecule has 1 N–H and O–H groups in total. The average molecular weight is 350 g/mol. The Morgan fingerprint density at radius 2 is 2.12 bits per heavy atom. The SMILES string of the molecule is COc1ccc(OC)c(N(CC(=O)Nc2cccnc2)S(=O)[O-])c1. The van der Waals surface area contributed by atoms with E-state index in [1.54, 1.807) is 30.5 Å². The molecule has 2 rings (SSSR count). The molecule has 1 heterocycles. The molecule has 1 unspecified atom stereocenters. The summed E-state index contributed by atoms with van der Waals surface area (Å²) >= 11 is -2.68. The van der Waals surface area contributed by atoms with Gasteiger partial charge in [0.1, 0.15) is 18.0 Å². The summed E-state index contributed by atoms with van der Waals surface area (Å²) in [5.74, 6) is 0.222. The summed E-state index contributed by atoms with van der Waals surface area (Å²) in [6, 6.07) is 7.97. The number of pyridine rings is 1. The lowest BCUT2D eigenvalue weighted by atomic mass is 10.2. The van der Waals surface area contributed by atoms with Crippen molar-refractivity contribution in [3.8, 4) is 11.5 Å². The van der Waals surface area contributed by atoms with E-state index in [1.807, 2.05) is 0 Å². The number of nitrogens with one attached hydrogen (secondary N) is 1. The fourth-order valence-electron chi connectivity index (χ4n) is 1.98. The van der Waals surface area contributed by atoms with E-state index in [0.29, 0.717) is 17.2 Å². The summed E-state index contributed by atoms with van der Waals surface area (Å²) in [5, 5.41) is 2.57. The van der Waals surface area contributed by atoms with Crippen LogP contribution in [0.2, 0.25) is 0 Å². The summed E-state index contributed by atoms with van der Waals surface area (Å²) in [7, 11) is 2.87. The molecule has 128 valence electrons. The highest BCUT2D eigenvalue weighted by Gasteiger charge is 2.18. The van der Waals surface area contributed by atoms with E-state index in [4.69, 9.17) is 9.47 Å². The summed E-state index contributed by atoms with van der Waals surface area (Å²) in [6.07, 6.45) is 3.03. The van der Waals surface area contributed by atoms with Crippen LogP contribution in [0, 0.1) is 0 Å². The van der Waals surface area contributed by atoms with Crippen molar-refractivity contribution < 1.29 is 23.0 Å². The fourth-order valence-corrected chi connectivity index (χ4v) is 2.50. The van der Waals surface area contributed by atoms with Crippen LogP contribution in [-0.2, 0) is 16.1 Å². The molecule has 8 nitrogen and oxygen atoms in total. The number of nitrogens with zero attached hydrogens (tertiary/aromatic N) is 2. The normalized spacial score (nSPS) is 11.5. The number of anilines is 2. The Morgan fingerprint density at radius 1 is 1.33 bits per heavy atom. The van der Waals surface area contributed by atoms with Crippen LogP contribution in [0.25, 0.3) is 0 Å². The van der Waals surface area contributed by atoms with Gasteiger partial charge >= 0.3 is 0 Å². The number of hydrogen-bond donors (Lipinski definition) is 1. The molecule has 0 spiro atoms. The molecule has 0 aliphatic heterocycles. The van der Waals surface area contributed by atoms with Crippen LogP contribution in [-0.4, -0.2) is 40.4 Å². The molecule has 0 saturated carbocycles. The van der Waals surface area contributed by atoms with Gasteiger partial charge in [0.05, 0.1) is 31.8 Å². The summed E-state index contributed by atoms with van der Waals surface area (Å²) in [5.41, 5.74) is 0.670. The lowest BCUT2D eigenvalue weighted by molar-refractivity contribution is -0.114. The molecule has 0 aliphatic carbocycles. The molecule has 1 atom stereocenters. The molecular weight excluding hydrogens is 334 g/mol. The van der Waals surface area contributed by atoms with Crippen LogP contribution < -0.4 is 19.1 Å². The van der Waals surface area contributed by atoms with Crippen LogP contribution >= 0.6 is 0 Å². The van der Waals surface area contributed by atoms with Gasteiger partial charge in [-0.2, -0.15) is 0 Å². The molecule has 1 aromatic heterocycles. The molecule has 0 fully saturated rings. The van der Waals surface area contributed by atoms with Crippen molar-refractivity contribution >= 4 is 28.5 Å². The minimum absolute atomic E-state index is 0.200. The average Bonchev–Trinajstić information content (AvgIpc) is 2.59. The van der Waals surface area contributed by atoms with E-state index in [9.17, 15) is 13.6 Å². The van der Waals surface area contributed by atoms with Gasteiger partial charge in [0.25, 0.3) is 0 Å². The van der Waals surface area contributed by atoms with Crippen LogP contribution in [0.5, 0.6) is 11.5 Å². The molecule has 24 heavy (non-hydrogen) atoms.